The van der Waals surface area contributed by atoms with Crippen LogP contribution in [0.4, 0.5) is 5.88 Å². The lowest BCUT2D eigenvalue weighted by molar-refractivity contribution is -0.118. The van der Waals surface area contributed by atoms with Crippen LogP contribution in [0.2, 0.25) is 0 Å². The van der Waals surface area contributed by atoms with Crippen molar-refractivity contribution in [3.63, 3.8) is 0 Å². The van der Waals surface area contributed by atoms with Gasteiger partial charge in [0.2, 0.25) is 11.8 Å². The number of carbonyl (C=O) groups is 1. The molecule has 0 saturated carbocycles. The molecule has 0 saturated heterocycles. The fourth-order valence-corrected chi connectivity index (χ4v) is 3.52. The van der Waals surface area contributed by atoms with Crippen molar-refractivity contribution in [1.29, 1.82) is 0 Å². The summed E-state index contributed by atoms with van der Waals surface area (Å²) in [6.45, 7) is 5.23. The average Bonchev–Trinajstić information content (AvgIpc) is 2.72. The van der Waals surface area contributed by atoms with Crippen LogP contribution in [-0.2, 0) is 4.79 Å². The van der Waals surface area contributed by atoms with E-state index in [9.17, 15) is 4.79 Å². The Labute approximate surface area is 123 Å². The quantitative estimate of drug-likeness (QED) is 0.804. The van der Waals surface area contributed by atoms with Gasteiger partial charge in [-0.2, -0.15) is 0 Å². The molecule has 0 spiro atoms. The molecule has 0 aliphatic carbocycles. The number of aromatic nitrogens is 1. The second kappa shape index (κ2) is 5.18. The molecule has 5 nitrogen and oxygen atoms in total. The first kappa shape index (κ1) is 13.8. The van der Waals surface area contributed by atoms with Crippen molar-refractivity contribution in [2.45, 2.75) is 25.5 Å². The zero-order valence-corrected chi connectivity index (χ0v) is 13.3. The standard InChI is InChI=1S/C10H12BrN3O2S2/c1-4-7(11)9(16-13-4)14-5(2)8(12-6(3)15)18-10(14)17/h10,17H,1-3H3,(H,12,15). The third kappa shape index (κ3) is 2.41. The van der Waals surface area contributed by atoms with E-state index in [0.717, 1.165) is 20.9 Å². The van der Waals surface area contributed by atoms with Gasteiger partial charge in [-0.25, -0.2) is 0 Å². The maximum Gasteiger partial charge on any atom is 0.247 e. The smallest absolute Gasteiger partial charge is 0.247 e. The molecule has 1 aliphatic rings. The average molecular weight is 350 g/mol. The molecule has 1 aromatic heterocycles. The van der Waals surface area contributed by atoms with Crippen molar-refractivity contribution in [2.75, 3.05) is 4.90 Å². The molecule has 1 N–H and O–H groups in total. The third-order valence-corrected chi connectivity index (χ3v) is 4.93. The molecule has 8 heteroatoms. The minimum Gasteiger partial charge on any atom is -0.337 e. The van der Waals surface area contributed by atoms with E-state index in [1.165, 1.54) is 18.7 Å². The summed E-state index contributed by atoms with van der Waals surface area (Å²) in [5.74, 6) is 0.491. The number of aryl methyl sites for hydroxylation is 1. The minimum atomic E-state index is -0.157. The number of nitrogens with one attached hydrogen (secondary N) is 1. The van der Waals surface area contributed by atoms with Crippen LogP contribution < -0.4 is 10.2 Å². The molecule has 1 aliphatic heterocycles. The van der Waals surface area contributed by atoms with E-state index in [4.69, 9.17) is 4.52 Å². The Kier molecular flexibility index (Phi) is 3.98. The monoisotopic (exact) mass is 349 g/mol. The Morgan fingerprint density at radius 1 is 1.61 bits per heavy atom. The number of anilines is 1. The molecule has 98 valence electrons. The first-order valence-corrected chi connectivity index (χ1v) is 7.35. The second-order valence-electron chi connectivity index (χ2n) is 3.80. The Morgan fingerprint density at radius 3 is 2.78 bits per heavy atom. The van der Waals surface area contributed by atoms with E-state index in [1.807, 2.05) is 18.7 Å². The van der Waals surface area contributed by atoms with Crippen molar-refractivity contribution in [1.82, 2.24) is 10.5 Å². The van der Waals surface area contributed by atoms with E-state index in [2.05, 4.69) is 39.0 Å². The van der Waals surface area contributed by atoms with Crippen molar-refractivity contribution in [2.24, 2.45) is 0 Å². The van der Waals surface area contributed by atoms with Gasteiger partial charge < -0.3 is 9.84 Å². The number of rotatable bonds is 2. The van der Waals surface area contributed by atoms with Gasteiger partial charge in [0.1, 0.15) is 9.18 Å². The Morgan fingerprint density at radius 2 is 2.28 bits per heavy atom. The summed E-state index contributed by atoms with van der Waals surface area (Å²) < 4.78 is 5.93. The largest absolute Gasteiger partial charge is 0.337 e. The van der Waals surface area contributed by atoms with Crippen LogP contribution >= 0.6 is 40.3 Å². The lowest BCUT2D eigenvalue weighted by Crippen LogP contribution is -2.23. The number of amides is 1. The summed E-state index contributed by atoms with van der Waals surface area (Å²) >= 11 is 9.37. The van der Waals surface area contributed by atoms with Crippen LogP contribution in [0.25, 0.3) is 0 Å². The first-order chi connectivity index (χ1) is 8.41. The van der Waals surface area contributed by atoms with Gasteiger partial charge in [0, 0.05) is 6.92 Å². The highest BCUT2D eigenvalue weighted by atomic mass is 79.9. The predicted molar refractivity (Wildman–Crippen MR) is 78.3 cm³/mol. The van der Waals surface area contributed by atoms with E-state index in [0.29, 0.717) is 5.88 Å². The van der Waals surface area contributed by atoms with Crippen LogP contribution in [0, 0.1) is 6.92 Å². The minimum absolute atomic E-state index is 0.105. The number of thioether (sulfide) groups is 1. The van der Waals surface area contributed by atoms with Crippen molar-refractivity contribution in [3.8, 4) is 0 Å². The molecule has 0 bridgehead atoms. The molecule has 2 rings (SSSR count). The molecule has 1 aromatic rings. The number of thiol groups is 1. The van der Waals surface area contributed by atoms with Gasteiger partial charge in [0.05, 0.1) is 16.4 Å². The summed E-state index contributed by atoms with van der Waals surface area (Å²) in [5.41, 5.74) is 1.66. The highest BCUT2D eigenvalue weighted by Gasteiger charge is 2.33. The van der Waals surface area contributed by atoms with E-state index in [-0.39, 0.29) is 10.6 Å². The molecule has 0 fully saturated rings. The number of hydrogen-bond acceptors (Lipinski definition) is 6. The summed E-state index contributed by atoms with van der Waals surface area (Å²) in [7, 11) is 0. The summed E-state index contributed by atoms with van der Waals surface area (Å²) in [4.78, 5) is 13.0. The van der Waals surface area contributed by atoms with Crippen LogP contribution in [0.1, 0.15) is 19.5 Å². The highest BCUT2D eigenvalue weighted by molar-refractivity contribution is 9.10. The van der Waals surface area contributed by atoms with Crippen LogP contribution in [-0.4, -0.2) is 15.8 Å². The van der Waals surface area contributed by atoms with Crippen molar-refractivity contribution in [3.05, 3.63) is 20.9 Å². The molecule has 18 heavy (non-hydrogen) atoms. The molecule has 0 radical (unpaired) electrons. The van der Waals surface area contributed by atoms with Gasteiger partial charge in [-0.3, -0.25) is 9.69 Å². The fraction of sp³-hybridized carbons (Fsp3) is 0.400. The molecule has 1 unspecified atom stereocenters. The van der Waals surface area contributed by atoms with Gasteiger partial charge in [-0.05, 0) is 29.8 Å². The summed E-state index contributed by atoms with van der Waals surface area (Å²) in [5, 5.41) is 7.46. The number of carbonyl (C=O) groups excluding carboxylic acids is 1. The number of halogens is 1. The van der Waals surface area contributed by atoms with Crippen molar-refractivity contribution >= 4 is 52.1 Å². The van der Waals surface area contributed by atoms with Gasteiger partial charge in [-0.15, -0.1) is 12.6 Å². The molecule has 0 aromatic carbocycles. The van der Waals surface area contributed by atoms with E-state index in [1.54, 1.807) is 0 Å². The lowest BCUT2D eigenvalue weighted by Gasteiger charge is -2.20. The maximum absolute atomic E-state index is 11.1. The van der Waals surface area contributed by atoms with Crippen LogP contribution in [0.3, 0.4) is 0 Å². The SMILES string of the molecule is CC(=O)NC1=C(C)N(c2onc(C)c2Br)C(S)S1. The topological polar surface area (TPSA) is 58.4 Å². The zero-order valence-electron chi connectivity index (χ0n) is 10.0. The molecular formula is C10H12BrN3O2S2. The molecule has 1 amide bonds. The molecule has 1 atom stereocenters. The third-order valence-electron chi connectivity index (χ3n) is 2.42. The van der Waals surface area contributed by atoms with Crippen LogP contribution in [0.5, 0.6) is 0 Å². The molecule has 2 heterocycles. The maximum atomic E-state index is 11.1. The molecular weight excluding hydrogens is 338 g/mol. The van der Waals surface area contributed by atoms with Crippen molar-refractivity contribution < 1.29 is 9.32 Å². The second-order valence-corrected chi connectivity index (χ2v) is 6.52. The number of nitrogens with zero attached hydrogens (tertiary/aromatic N) is 2. The van der Waals surface area contributed by atoms with E-state index >= 15 is 0 Å². The normalized spacial score (nSPS) is 19.6. The Hall–Kier alpha value is -0.600. The summed E-state index contributed by atoms with van der Waals surface area (Å²) in [6.07, 6.45) is 0. The fourth-order valence-electron chi connectivity index (χ4n) is 1.55. The van der Waals surface area contributed by atoms with Gasteiger partial charge in [0.15, 0.2) is 0 Å². The van der Waals surface area contributed by atoms with Crippen LogP contribution in [0.15, 0.2) is 19.7 Å². The predicted octanol–water partition coefficient (Wildman–Crippen LogP) is 2.84. The highest BCUT2D eigenvalue weighted by Crippen LogP contribution is 2.44. The zero-order chi connectivity index (χ0) is 13.4. The number of allylic oxidation sites excluding steroid dienone is 1. The van der Waals surface area contributed by atoms with Gasteiger partial charge in [0.25, 0.3) is 0 Å². The lowest BCUT2D eigenvalue weighted by atomic mass is 10.4. The van der Waals surface area contributed by atoms with Gasteiger partial charge in [-0.1, -0.05) is 16.9 Å². The summed E-state index contributed by atoms with van der Waals surface area (Å²) in [6, 6.07) is 0. The van der Waals surface area contributed by atoms with E-state index < -0.39 is 0 Å². The van der Waals surface area contributed by atoms with Gasteiger partial charge >= 0.3 is 0 Å². The Balaban J connectivity index is 2.36. The Bertz CT molecular complexity index is 529. The number of hydrogen-bond donors (Lipinski definition) is 2. The first-order valence-electron chi connectivity index (χ1n) is 5.16.